The Morgan fingerprint density at radius 3 is 2.90 bits per heavy atom. The number of nitrogens with zero attached hydrogens (tertiary/aromatic N) is 1. The molecule has 0 bridgehead atoms. The second-order valence-corrected chi connectivity index (χ2v) is 2.08. The van der Waals surface area contributed by atoms with Crippen molar-refractivity contribution in [3.8, 4) is 0 Å². The van der Waals surface area contributed by atoms with E-state index in [1.54, 1.807) is 6.92 Å². The lowest BCUT2D eigenvalue weighted by molar-refractivity contribution is 0.275. The van der Waals surface area contributed by atoms with Crippen LogP contribution in [-0.2, 0) is 6.61 Å². The predicted molar refractivity (Wildman–Crippen MR) is 34.9 cm³/mol. The van der Waals surface area contributed by atoms with Crippen molar-refractivity contribution in [1.82, 2.24) is 4.98 Å². The summed E-state index contributed by atoms with van der Waals surface area (Å²) in [5.41, 5.74) is 1.21. The highest BCUT2D eigenvalue weighted by atomic mass is 19.1. The second kappa shape index (κ2) is 2.75. The zero-order chi connectivity index (χ0) is 7.56. The third-order valence-electron chi connectivity index (χ3n) is 1.30. The van der Waals surface area contributed by atoms with E-state index in [2.05, 4.69) is 4.98 Å². The van der Waals surface area contributed by atoms with Gasteiger partial charge in [0.1, 0.15) is 5.82 Å². The van der Waals surface area contributed by atoms with Crippen LogP contribution in [0, 0.1) is 12.7 Å². The number of hydrogen-bond donors (Lipinski definition) is 1. The summed E-state index contributed by atoms with van der Waals surface area (Å²) < 4.78 is 12.3. The molecule has 0 fully saturated rings. The SMILES string of the molecule is Cc1cc(F)cnc1CO. The van der Waals surface area contributed by atoms with Gasteiger partial charge in [-0.3, -0.25) is 4.98 Å². The minimum absolute atomic E-state index is 0.133. The largest absolute Gasteiger partial charge is 0.390 e. The molecule has 0 spiro atoms. The molecule has 10 heavy (non-hydrogen) atoms. The van der Waals surface area contributed by atoms with E-state index < -0.39 is 0 Å². The summed E-state index contributed by atoms with van der Waals surface area (Å²) in [6, 6.07) is 1.35. The van der Waals surface area contributed by atoms with Crippen molar-refractivity contribution in [2.24, 2.45) is 0 Å². The summed E-state index contributed by atoms with van der Waals surface area (Å²) in [7, 11) is 0. The van der Waals surface area contributed by atoms with Crippen LogP contribution in [0.25, 0.3) is 0 Å². The van der Waals surface area contributed by atoms with Gasteiger partial charge in [0, 0.05) is 0 Å². The summed E-state index contributed by atoms with van der Waals surface area (Å²) in [6.07, 6.45) is 1.10. The van der Waals surface area contributed by atoms with E-state index in [4.69, 9.17) is 5.11 Å². The Hall–Kier alpha value is -0.960. The molecule has 0 radical (unpaired) electrons. The van der Waals surface area contributed by atoms with E-state index in [-0.39, 0.29) is 12.4 Å². The van der Waals surface area contributed by atoms with Gasteiger partial charge in [-0.05, 0) is 18.6 Å². The van der Waals surface area contributed by atoms with Crippen LogP contribution in [0.5, 0.6) is 0 Å². The van der Waals surface area contributed by atoms with Crippen LogP contribution in [0.15, 0.2) is 12.3 Å². The molecule has 1 heterocycles. The first-order chi connectivity index (χ1) is 4.74. The summed E-state index contributed by atoms with van der Waals surface area (Å²) in [5.74, 6) is -0.366. The van der Waals surface area contributed by atoms with Crippen LogP contribution in [0.2, 0.25) is 0 Å². The molecule has 1 aromatic rings. The molecule has 0 amide bonds. The van der Waals surface area contributed by atoms with Crippen LogP contribution in [0.4, 0.5) is 4.39 Å². The van der Waals surface area contributed by atoms with Crippen molar-refractivity contribution in [3.63, 3.8) is 0 Å². The molecule has 0 aliphatic rings. The number of aliphatic hydroxyl groups excluding tert-OH is 1. The topological polar surface area (TPSA) is 33.1 Å². The van der Waals surface area contributed by atoms with Gasteiger partial charge in [0.25, 0.3) is 0 Å². The Kier molecular flexibility index (Phi) is 1.97. The minimum Gasteiger partial charge on any atom is -0.390 e. The summed E-state index contributed by atoms with van der Waals surface area (Å²) in [5, 5.41) is 8.62. The highest BCUT2D eigenvalue weighted by Crippen LogP contribution is 2.05. The number of halogens is 1. The molecule has 0 saturated heterocycles. The lowest BCUT2D eigenvalue weighted by Crippen LogP contribution is -1.93. The maximum Gasteiger partial charge on any atom is 0.141 e. The molecule has 0 aliphatic heterocycles. The van der Waals surface area contributed by atoms with Crippen LogP contribution < -0.4 is 0 Å². The number of aryl methyl sites for hydroxylation is 1. The van der Waals surface area contributed by atoms with Gasteiger partial charge >= 0.3 is 0 Å². The Morgan fingerprint density at radius 2 is 2.40 bits per heavy atom. The molecule has 0 aromatic carbocycles. The van der Waals surface area contributed by atoms with E-state index in [1.807, 2.05) is 0 Å². The zero-order valence-electron chi connectivity index (χ0n) is 5.63. The van der Waals surface area contributed by atoms with Crippen LogP contribution in [-0.4, -0.2) is 10.1 Å². The van der Waals surface area contributed by atoms with E-state index in [9.17, 15) is 4.39 Å². The van der Waals surface area contributed by atoms with Crippen molar-refractivity contribution in [1.29, 1.82) is 0 Å². The zero-order valence-corrected chi connectivity index (χ0v) is 5.63. The minimum atomic E-state index is -0.366. The predicted octanol–water partition coefficient (Wildman–Crippen LogP) is 1.02. The first kappa shape index (κ1) is 7.15. The van der Waals surface area contributed by atoms with Crippen molar-refractivity contribution >= 4 is 0 Å². The molecule has 0 unspecified atom stereocenters. The Balaban J connectivity index is 3.07. The summed E-state index contributed by atoms with van der Waals surface area (Å²) in [6.45, 7) is 1.58. The fraction of sp³-hybridized carbons (Fsp3) is 0.286. The van der Waals surface area contributed by atoms with Crippen LogP contribution in [0.1, 0.15) is 11.3 Å². The quantitative estimate of drug-likeness (QED) is 0.633. The Bertz CT molecular complexity index is 237. The molecule has 0 saturated carbocycles. The molecule has 1 aromatic heterocycles. The van der Waals surface area contributed by atoms with E-state index in [0.29, 0.717) is 11.3 Å². The summed E-state index contributed by atoms with van der Waals surface area (Å²) in [4.78, 5) is 3.67. The molecule has 0 aliphatic carbocycles. The average Bonchev–Trinajstić information content (AvgIpc) is 1.88. The van der Waals surface area contributed by atoms with E-state index >= 15 is 0 Å². The third-order valence-corrected chi connectivity index (χ3v) is 1.30. The monoisotopic (exact) mass is 141 g/mol. The molecule has 1 N–H and O–H groups in total. The van der Waals surface area contributed by atoms with Gasteiger partial charge in [-0.25, -0.2) is 4.39 Å². The molecule has 1 rings (SSSR count). The van der Waals surface area contributed by atoms with Gasteiger partial charge < -0.3 is 5.11 Å². The maximum absolute atomic E-state index is 12.3. The van der Waals surface area contributed by atoms with Gasteiger partial charge in [0.15, 0.2) is 0 Å². The second-order valence-electron chi connectivity index (χ2n) is 2.08. The average molecular weight is 141 g/mol. The molecule has 0 atom stereocenters. The third kappa shape index (κ3) is 1.30. The molecule has 2 nitrogen and oxygen atoms in total. The highest BCUT2D eigenvalue weighted by molar-refractivity contribution is 5.17. The number of aliphatic hydroxyl groups is 1. The van der Waals surface area contributed by atoms with Crippen LogP contribution in [0.3, 0.4) is 0 Å². The van der Waals surface area contributed by atoms with Crippen molar-refractivity contribution in [2.45, 2.75) is 13.5 Å². The van der Waals surface area contributed by atoms with Gasteiger partial charge in [-0.2, -0.15) is 0 Å². The number of aromatic nitrogens is 1. The molecular formula is C7H8FNO. The first-order valence-corrected chi connectivity index (χ1v) is 2.96. The highest BCUT2D eigenvalue weighted by Gasteiger charge is 1.98. The normalized spacial score (nSPS) is 9.90. The fourth-order valence-corrected chi connectivity index (χ4v) is 0.734. The fourth-order valence-electron chi connectivity index (χ4n) is 0.734. The van der Waals surface area contributed by atoms with Gasteiger partial charge in [0.2, 0.25) is 0 Å². The van der Waals surface area contributed by atoms with Crippen molar-refractivity contribution in [2.75, 3.05) is 0 Å². The number of pyridine rings is 1. The van der Waals surface area contributed by atoms with E-state index in [0.717, 1.165) is 6.20 Å². The van der Waals surface area contributed by atoms with E-state index in [1.165, 1.54) is 6.07 Å². The van der Waals surface area contributed by atoms with Crippen LogP contribution >= 0.6 is 0 Å². The van der Waals surface area contributed by atoms with Gasteiger partial charge in [0.05, 0.1) is 18.5 Å². The number of rotatable bonds is 1. The standard InChI is InChI=1S/C7H8FNO/c1-5-2-6(8)3-9-7(5)4-10/h2-3,10H,4H2,1H3. The molecule has 54 valence electrons. The Labute approximate surface area is 58.3 Å². The van der Waals surface area contributed by atoms with Gasteiger partial charge in [-0.15, -0.1) is 0 Å². The number of hydrogen-bond acceptors (Lipinski definition) is 2. The summed E-state index contributed by atoms with van der Waals surface area (Å²) >= 11 is 0. The van der Waals surface area contributed by atoms with Gasteiger partial charge in [-0.1, -0.05) is 0 Å². The molecule has 3 heteroatoms. The van der Waals surface area contributed by atoms with Crippen molar-refractivity contribution < 1.29 is 9.50 Å². The first-order valence-electron chi connectivity index (χ1n) is 2.96. The lowest BCUT2D eigenvalue weighted by atomic mass is 10.2. The maximum atomic E-state index is 12.3. The smallest absolute Gasteiger partial charge is 0.141 e. The Morgan fingerprint density at radius 1 is 1.70 bits per heavy atom. The molecular weight excluding hydrogens is 133 g/mol. The van der Waals surface area contributed by atoms with Crippen molar-refractivity contribution in [3.05, 3.63) is 29.3 Å². The lowest BCUT2D eigenvalue weighted by Gasteiger charge is -1.98.